The number of hydrogen-bond donors (Lipinski definition) is 1. The highest BCUT2D eigenvalue weighted by molar-refractivity contribution is 5.95. The zero-order chi connectivity index (χ0) is 17.2. The highest BCUT2D eigenvalue weighted by atomic mass is 19.4. The Bertz CT molecular complexity index is 859. The molecule has 124 valence electrons. The van der Waals surface area contributed by atoms with Crippen LogP contribution in [0.15, 0.2) is 48.9 Å². The molecule has 0 fully saturated rings. The minimum atomic E-state index is -4.70. The average Bonchev–Trinajstić information content (AvgIpc) is 2.95. The van der Waals surface area contributed by atoms with E-state index in [-0.39, 0.29) is 12.2 Å². The number of hydrogen-bond acceptors (Lipinski definition) is 3. The van der Waals surface area contributed by atoms with E-state index in [0.29, 0.717) is 6.42 Å². The zero-order valence-electron chi connectivity index (χ0n) is 12.4. The van der Waals surface area contributed by atoms with Gasteiger partial charge in [-0.1, -0.05) is 6.07 Å². The second-order valence-corrected chi connectivity index (χ2v) is 5.10. The maximum atomic E-state index is 13.2. The fraction of sp³-hybridized carbons (Fsp3) is 0.188. The minimum absolute atomic E-state index is 0.0732. The van der Waals surface area contributed by atoms with Gasteiger partial charge < -0.3 is 5.32 Å². The fourth-order valence-corrected chi connectivity index (χ4v) is 2.36. The molecule has 3 aromatic heterocycles. The van der Waals surface area contributed by atoms with E-state index < -0.39 is 23.5 Å². The van der Waals surface area contributed by atoms with Crippen LogP contribution in [0.2, 0.25) is 0 Å². The summed E-state index contributed by atoms with van der Waals surface area (Å²) < 4.78 is 40.7. The molecule has 3 aromatic rings. The summed E-state index contributed by atoms with van der Waals surface area (Å²) in [7, 11) is 0. The summed E-state index contributed by atoms with van der Waals surface area (Å²) in [5, 5.41) is 2.52. The number of fused-ring (bicyclic) bond motifs is 1. The molecule has 0 saturated heterocycles. The van der Waals surface area contributed by atoms with Crippen LogP contribution in [0.3, 0.4) is 0 Å². The number of nitrogens with zero attached hydrogens (tertiary/aromatic N) is 3. The molecule has 8 heteroatoms. The minimum Gasteiger partial charge on any atom is -0.350 e. The summed E-state index contributed by atoms with van der Waals surface area (Å²) in [6, 6.07) is 8.09. The highest BCUT2D eigenvalue weighted by Crippen LogP contribution is 2.31. The van der Waals surface area contributed by atoms with Gasteiger partial charge in [0.15, 0.2) is 5.69 Å². The quantitative estimate of drug-likeness (QED) is 0.798. The van der Waals surface area contributed by atoms with Gasteiger partial charge in [-0.25, -0.2) is 4.98 Å². The summed E-state index contributed by atoms with van der Waals surface area (Å²) >= 11 is 0. The number of nitrogens with one attached hydrogen (secondary N) is 1. The Morgan fingerprint density at radius 2 is 1.92 bits per heavy atom. The number of carbonyl (C=O) groups is 1. The predicted molar refractivity (Wildman–Crippen MR) is 80.5 cm³/mol. The van der Waals surface area contributed by atoms with E-state index in [1.54, 1.807) is 36.7 Å². The van der Waals surface area contributed by atoms with Crippen molar-refractivity contribution in [2.24, 2.45) is 0 Å². The number of amides is 1. The van der Waals surface area contributed by atoms with Gasteiger partial charge in [-0.15, -0.1) is 0 Å². The lowest BCUT2D eigenvalue weighted by Crippen LogP contribution is -2.29. The van der Waals surface area contributed by atoms with Crippen LogP contribution >= 0.6 is 0 Å². The van der Waals surface area contributed by atoms with Crippen molar-refractivity contribution >= 4 is 11.6 Å². The van der Waals surface area contributed by atoms with E-state index in [4.69, 9.17) is 0 Å². The molecular formula is C16H13F3N4O. The van der Waals surface area contributed by atoms with Crippen LogP contribution in [0.1, 0.15) is 21.7 Å². The van der Waals surface area contributed by atoms with E-state index in [1.807, 2.05) is 0 Å². The average molecular weight is 334 g/mol. The molecule has 0 aliphatic carbocycles. The number of halogens is 3. The second-order valence-electron chi connectivity index (χ2n) is 5.10. The van der Waals surface area contributed by atoms with Crippen molar-refractivity contribution in [2.45, 2.75) is 12.6 Å². The second kappa shape index (κ2) is 6.31. The largest absolute Gasteiger partial charge is 0.435 e. The van der Waals surface area contributed by atoms with Gasteiger partial charge in [0.25, 0.3) is 5.91 Å². The van der Waals surface area contributed by atoms with Crippen molar-refractivity contribution in [3.8, 4) is 0 Å². The third-order valence-electron chi connectivity index (χ3n) is 3.46. The SMILES string of the molecule is O=C(NCCc1ccncc1)c1c(C(F)(F)F)nc2ccccn12. The maximum Gasteiger partial charge on any atom is 0.435 e. The molecule has 3 rings (SSSR count). The standard InChI is InChI=1S/C16H13F3N4O/c17-16(18,19)14-13(23-10-2-1-3-12(23)22-14)15(24)21-9-6-11-4-7-20-8-5-11/h1-5,7-8,10H,6,9H2,(H,21,24). The summed E-state index contributed by atoms with van der Waals surface area (Å²) in [5.41, 5.74) is -0.688. The number of carbonyl (C=O) groups excluding carboxylic acids is 1. The predicted octanol–water partition coefficient (Wildman–Crippen LogP) is 2.72. The normalized spacial score (nSPS) is 11.6. The van der Waals surface area contributed by atoms with Gasteiger partial charge in [0.1, 0.15) is 11.3 Å². The third-order valence-corrected chi connectivity index (χ3v) is 3.46. The van der Waals surface area contributed by atoms with Crippen LogP contribution in [0.25, 0.3) is 5.65 Å². The topological polar surface area (TPSA) is 59.3 Å². The molecule has 0 atom stereocenters. The smallest absolute Gasteiger partial charge is 0.350 e. The molecule has 1 N–H and O–H groups in total. The Labute approximate surface area is 135 Å². The lowest BCUT2D eigenvalue weighted by Gasteiger charge is -2.09. The lowest BCUT2D eigenvalue weighted by atomic mass is 10.2. The Kier molecular flexibility index (Phi) is 4.20. The molecular weight excluding hydrogens is 321 g/mol. The van der Waals surface area contributed by atoms with Crippen LogP contribution < -0.4 is 5.32 Å². The van der Waals surface area contributed by atoms with E-state index in [1.165, 1.54) is 12.3 Å². The molecule has 0 unspecified atom stereocenters. The van der Waals surface area contributed by atoms with Crippen LogP contribution in [0, 0.1) is 0 Å². The number of aromatic nitrogens is 3. The third kappa shape index (κ3) is 3.22. The first-order valence-electron chi connectivity index (χ1n) is 7.18. The summed E-state index contributed by atoms with van der Waals surface area (Å²) in [6.07, 6.45) is 0.401. The summed E-state index contributed by atoms with van der Waals surface area (Å²) in [5.74, 6) is -0.810. The Morgan fingerprint density at radius 1 is 1.17 bits per heavy atom. The first kappa shape index (κ1) is 16.0. The van der Waals surface area contributed by atoms with E-state index in [9.17, 15) is 18.0 Å². The van der Waals surface area contributed by atoms with E-state index in [0.717, 1.165) is 9.96 Å². The van der Waals surface area contributed by atoms with Crippen molar-refractivity contribution < 1.29 is 18.0 Å². The highest BCUT2D eigenvalue weighted by Gasteiger charge is 2.39. The van der Waals surface area contributed by atoms with Gasteiger partial charge in [-0.3, -0.25) is 14.2 Å². The number of alkyl halides is 3. The molecule has 1 amide bonds. The molecule has 5 nitrogen and oxygen atoms in total. The van der Waals surface area contributed by atoms with Crippen molar-refractivity contribution in [1.82, 2.24) is 19.7 Å². The zero-order valence-corrected chi connectivity index (χ0v) is 12.4. The van der Waals surface area contributed by atoms with Gasteiger partial charge in [0.2, 0.25) is 0 Å². The van der Waals surface area contributed by atoms with Crippen molar-refractivity contribution in [1.29, 1.82) is 0 Å². The molecule has 24 heavy (non-hydrogen) atoms. The molecule has 0 spiro atoms. The van der Waals surface area contributed by atoms with Gasteiger partial charge in [0.05, 0.1) is 0 Å². The van der Waals surface area contributed by atoms with Gasteiger partial charge in [0, 0.05) is 25.1 Å². The van der Waals surface area contributed by atoms with Gasteiger partial charge >= 0.3 is 6.18 Å². The molecule has 0 bridgehead atoms. The first-order valence-corrected chi connectivity index (χ1v) is 7.18. The van der Waals surface area contributed by atoms with Gasteiger partial charge in [-0.05, 0) is 36.2 Å². The summed E-state index contributed by atoms with van der Waals surface area (Å²) in [6.45, 7) is 0.209. The first-order chi connectivity index (χ1) is 11.5. The molecule has 0 aromatic carbocycles. The lowest BCUT2D eigenvalue weighted by molar-refractivity contribution is -0.141. The molecule has 3 heterocycles. The number of imidazole rings is 1. The van der Waals surface area contributed by atoms with Crippen LogP contribution in [-0.2, 0) is 12.6 Å². The molecule has 0 aliphatic rings. The summed E-state index contributed by atoms with van der Waals surface area (Å²) in [4.78, 5) is 19.7. The molecule has 0 aliphatic heterocycles. The van der Waals surface area contributed by atoms with Crippen LogP contribution in [0.5, 0.6) is 0 Å². The Morgan fingerprint density at radius 3 is 2.62 bits per heavy atom. The molecule has 0 saturated carbocycles. The van der Waals surface area contributed by atoms with E-state index in [2.05, 4.69) is 15.3 Å². The number of rotatable bonds is 4. The van der Waals surface area contributed by atoms with Crippen molar-refractivity contribution in [3.05, 3.63) is 65.9 Å². The van der Waals surface area contributed by atoms with Crippen LogP contribution in [-0.4, -0.2) is 26.8 Å². The van der Waals surface area contributed by atoms with Crippen LogP contribution in [0.4, 0.5) is 13.2 Å². The van der Waals surface area contributed by atoms with Crippen molar-refractivity contribution in [2.75, 3.05) is 6.54 Å². The Hall–Kier alpha value is -2.90. The molecule has 0 radical (unpaired) electrons. The van der Waals surface area contributed by atoms with Gasteiger partial charge in [-0.2, -0.15) is 13.2 Å². The maximum absolute atomic E-state index is 13.2. The monoisotopic (exact) mass is 334 g/mol. The van der Waals surface area contributed by atoms with Crippen molar-refractivity contribution in [3.63, 3.8) is 0 Å². The fourth-order valence-electron chi connectivity index (χ4n) is 2.36. The Balaban J connectivity index is 1.83. The number of pyridine rings is 2. The van der Waals surface area contributed by atoms with E-state index >= 15 is 0 Å².